The van der Waals surface area contributed by atoms with Gasteiger partial charge in [-0.15, -0.1) is 11.3 Å². The quantitative estimate of drug-likeness (QED) is 0.922. The number of aliphatic hydroxyl groups excluding tert-OH is 1. The molecule has 0 spiro atoms. The Hall–Kier alpha value is -1.23. The summed E-state index contributed by atoms with van der Waals surface area (Å²) in [4.78, 5) is 8.62. The van der Waals surface area contributed by atoms with Crippen LogP contribution in [0.15, 0.2) is 24.3 Å². The second-order valence-electron chi connectivity index (χ2n) is 5.83. The molecule has 1 aliphatic rings. The van der Waals surface area contributed by atoms with E-state index in [4.69, 9.17) is 10.1 Å². The lowest BCUT2D eigenvalue weighted by Crippen LogP contribution is -2.17. The highest BCUT2D eigenvalue weighted by Gasteiger charge is 2.15. The van der Waals surface area contributed by atoms with Gasteiger partial charge in [0, 0.05) is 11.4 Å². The van der Waals surface area contributed by atoms with Crippen molar-refractivity contribution >= 4 is 11.3 Å². The van der Waals surface area contributed by atoms with E-state index in [1.807, 2.05) is 23.5 Å². The van der Waals surface area contributed by atoms with Crippen LogP contribution < -0.4 is 0 Å². The Labute approximate surface area is 130 Å². The van der Waals surface area contributed by atoms with Crippen LogP contribution in [0, 0.1) is 0 Å². The fourth-order valence-electron chi connectivity index (χ4n) is 2.82. The van der Waals surface area contributed by atoms with Crippen LogP contribution in [0.4, 0.5) is 0 Å². The van der Waals surface area contributed by atoms with Gasteiger partial charge < -0.3 is 5.11 Å². The molecule has 4 heteroatoms. The average Bonchev–Trinajstić information content (AvgIpc) is 2.90. The van der Waals surface area contributed by atoms with Crippen LogP contribution in [-0.2, 0) is 32.5 Å². The summed E-state index contributed by atoms with van der Waals surface area (Å²) >= 11 is 1.89. The summed E-state index contributed by atoms with van der Waals surface area (Å²) in [6.07, 6.45) is 5.00. The van der Waals surface area contributed by atoms with Gasteiger partial charge in [0.15, 0.2) is 0 Å². The van der Waals surface area contributed by atoms with E-state index in [2.05, 4.69) is 24.1 Å². The van der Waals surface area contributed by atoms with Gasteiger partial charge in [-0.25, -0.2) is 4.98 Å². The second-order valence-corrected chi connectivity index (χ2v) is 7.00. The smallest absolute Gasteiger partial charge is 0.107 e. The van der Waals surface area contributed by atoms with E-state index in [-0.39, 0.29) is 6.61 Å². The molecule has 2 aromatic rings. The topological polar surface area (TPSA) is 36.4 Å². The number of aryl methyl sites for hydroxylation is 2. The minimum Gasteiger partial charge on any atom is -0.392 e. The third-order valence-corrected chi connectivity index (χ3v) is 5.10. The molecular formula is C17H22N2OS. The molecule has 0 radical (unpaired) electrons. The molecule has 0 aliphatic heterocycles. The van der Waals surface area contributed by atoms with E-state index in [9.17, 15) is 0 Å². The highest BCUT2D eigenvalue weighted by Crippen LogP contribution is 2.27. The molecular weight excluding hydrogens is 280 g/mol. The van der Waals surface area contributed by atoms with Gasteiger partial charge in [-0.2, -0.15) is 0 Å². The third-order valence-electron chi connectivity index (χ3n) is 3.95. The molecule has 0 bridgehead atoms. The van der Waals surface area contributed by atoms with Crippen molar-refractivity contribution in [1.29, 1.82) is 0 Å². The number of rotatable bonds is 5. The first-order valence-electron chi connectivity index (χ1n) is 7.59. The maximum atomic E-state index is 9.07. The number of hydrogen-bond acceptors (Lipinski definition) is 4. The third kappa shape index (κ3) is 3.70. The fraction of sp³-hybridized carbons (Fsp3) is 0.471. The maximum Gasteiger partial charge on any atom is 0.107 e. The van der Waals surface area contributed by atoms with Crippen LogP contribution in [0.1, 0.15) is 39.5 Å². The van der Waals surface area contributed by atoms with Gasteiger partial charge in [-0.3, -0.25) is 4.90 Å². The van der Waals surface area contributed by atoms with Gasteiger partial charge in [0.1, 0.15) is 5.01 Å². The lowest BCUT2D eigenvalue weighted by molar-refractivity contribution is 0.281. The van der Waals surface area contributed by atoms with Crippen LogP contribution in [0.5, 0.6) is 0 Å². The van der Waals surface area contributed by atoms with Crippen molar-refractivity contribution in [3.8, 4) is 0 Å². The highest BCUT2D eigenvalue weighted by atomic mass is 32.1. The monoisotopic (exact) mass is 302 g/mol. The zero-order chi connectivity index (χ0) is 14.7. The van der Waals surface area contributed by atoms with E-state index in [0.717, 1.165) is 25.1 Å². The molecule has 0 atom stereocenters. The van der Waals surface area contributed by atoms with E-state index >= 15 is 0 Å². The van der Waals surface area contributed by atoms with Crippen molar-refractivity contribution in [2.45, 2.75) is 45.4 Å². The van der Waals surface area contributed by atoms with Gasteiger partial charge >= 0.3 is 0 Å². The van der Waals surface area contributed by atoms with Crippen LogP contribution in [-0.4, -0.2) is 22.0 Å². The lowest BCUT2D eigenvalue weighted by atomic mass is 10.0. The Morgan fingerprint density at radius 3 is 2.52 bits per heavy atom. The molecule has 1 aromatic heterocycles. The number of benzene rings is 1. The van der Waals surface area contributed by atoms with Gasteiger partial charge in [-0.1, -0.05) is 24.3 Å². The lowest BCUT2D eigenvalue weighted by Gasteiger charge is -2.15. The number of aromatic nitrogens is 1. The Morgan fingerprint density at radius 1 is 1.10 bits per heavy atom. The summed E-state index contributed by atoms with van der Waals surface area (Å²) in [6, 6.07) is 8.17. The first-order valence-corrected chi connectivity index (χ1v) is 8.41. The second kappa shape index (κ2) is 6.69. The summed E-state index contributed by atoms with van der Waals surface area (Å²) in [5.74, 6) is 0. The van der Waals surface area contributed by atoms with E-state index in [0.29, 0.717) is 0 Å². The van der Waals surface area contributed by atoms with E-state index in [1.54, 1.807) is 0 Å². The predicted molar refractivity (Wildman–Crippen MR) is 86.3 cm³/mol. The molecule has 3 nitrogen and oxygen atoms in total. The Balaban J connectivity index is 1.60. The van der Waals surface area contributed by atoms with Crippen LogP contribution >= 0.6 is 11.3 Å². The molecule has 0 fully saturated rings. The number of aliphatic hydroxyl groups is 1. The van der Waals surface area contributed by atoms with Crippen LogP contribution in [0.2, 0.25) is 0 Å². The summed E-state index contributed by atoms with van der Waals surface area (Å²) in [5.41, 5.74) is 3.59. The molecule has 1 N–H and O–H groups in total. The van der Waals surface area contributed by atoms with Crippen molar-refractivity contribution < 1.29 is 5.11 Å². The fourth-order valence-corrected chi connectivity index (χ4v) is 4.06. The predicted octanol–water partition coefficient (Wildman–Crippen LogP) is 3.15. The van der Waals surface area contributed by atoms with E-state index in [1.165, 1.54) is 40.4 Å². The summed E-state index contributed by atoms with van der Waals surface area (Å²) in [5, 5.41) is 10.3. The molecule has 1 aromatic carbocycles. The Bertz CT molecular complexity index is 568. The zero-order valence-corrected chi connectivity index (χ0v) is 13.3. The van der Waals surface area contributed by atoms with Crippen molar-refractivity contribution in [2.75, 3.05) is 7.05 Å². The molecule has 0 saturated heterocycles. The maximum absolute atomic E-state index is 9.07. The number of fused-ring (bicyclic) bond motifs is 1. The first-order chi connectivity index (χ1) is 10.2. The SMILES string of the molecule is CN(Cc1ccc(CO)cc1)Cc1nc2c(s1)CCCC2. The van der Waals surface area contributed by atoms with Crippen molar-refractivity contribution in [2.24, 2.45) is 0 Å². The largest absolute Gasteiger partial charge is 0.392 e. The summed E-state index contributed by atoms with van der Waals surface area (Å²) in [7, 11) is 2.14. The van der Waals surface area contributed by atoms with Crippen LogP contribution in [0.3, 0.4) is 0 Å². The number of nitrogens with zero attached hydrogens (tertiary/aromatic N) is 2. The van der Waals surface area contributed by atoms with E-state index < -0.39 is 0 Å². The van der Waals surface area contributed by atoms with Gasteiger partial charge in [0.25, 0.3) is 0 Å². The molecule has 3 rings (SSSR count). The molecule has 1 heterocycles. The molecule has 21 heavy (non-hydrogen) atoms. The summed E-state index contributed by atoms with van der Waals surface area (Å²) < 4.78 is 0. The summed E-state index contributed by atoms with van der Waals surface area (Å²) in [6.45, 7) is 1.94. The zero-order valence-electron chi connectivity index (χ0n) is 12.5. The van der Waals surface area contributed by atoms with Gasteiger partial charge in [-0.05, 0) is 43.9 Å². The molecule has 112 valence electrons. The van der Waals surface area contributed by atoms with Crippen LogP contribution in [0.25, 0.3) is 0 Å². The highest BCUT2D eigenvalue weighted by molar-refractivity contribution is 7.11. The van der Waals surface area contributed by atoms with Gasteiger partial charge in [0.2, 0.25) is 0 Å². The first kappa shape index (κ1) is 14.7. The Morgan fingerprint density at radius 2 is 1.81 bits per heavy atom. The minimum atomic E-state index is 0.112. The van der Waals surface area contributed by atoms with Gasteiger partial charge in [0.05, 0.1) is 18.8 Å². The average molecular weight is 302 g/mol. The molecule has 0 unspecified atom stereocenters. The standard InChI is InChI=1S/C17H22N2OS/c1-19(10-13-6-8-14(12-20)9-7-13)11-17-18-15-4-2-3-5-16(15)21-17/h6-9,20H,2-5,10-12H2,1H3. The van der Waals surface area contributed by atoms with Crippen molar-refractivity contribution in [1.82, 2.24) is 9.88 Å². The molecule has 0 saturated carbocycles. The molecule has 1 aliphatic carbocycles. The van der Waals surface area contributed by atoms with Crippen molar-refractivity contribution in [3.63, 3.8) is 0 Å². The Kier molecular flexibility index (Phi) is 4.68. The number of hydrogen-bond donors (Lipinski definition) is 1. The van der Waals surface area contributed by atoms with Crippen molar-refractivity contribution in [3.05, 3.63) is 51.0 Å². The molecule has 0 amide bonds. The normalized spacial score (nSPS) is 14.4. The minimum absolute atomic E-state index is 0.112. The number of thiazole rings is 1.